The molecule has 2 amide bonds. The molecule has 3 N–H and O–H groups in total. The molecular formula is C14H22N2O3S. The molecule has 0 saturated heterocycles. The maximum atomic E-state index is 11.6. The highest BCUT2D eigenvalue weighted by Gasteiger charge is 2.10. The van der Waals surface area contributed by atoms with Crippen LogP contribution in [0.2, 0.25) is 0 Å². The molecule has 1 atom stereocenters. The Morgan fingerprint density at radius 1 is 1.40 bits per heavy atom. The zero-order valence-corrected chi connectivity index (χ0v) is 12.8. The molecule has 0 aliphatic carbocycles. The van der Waals surface area contributed by atoms with Crippen LogP contribution in [0.25, 0.3) is 0 Å². The second kappa shape index (κ2) is 8.58. The van der Waals surface area contributed by atoms with Gasteiger partial charge in [0.1, 0.15) is 0 Å². The van der Waals surface area contributed by atoms with Crippen LogP contribution in [0.15, 0.2) is 11.4 Å². The molecule has 0 aromatic carbocycles. The van der Waals surface area contributed by atoms with Crippen molar-refractivity contribution in [2.24, 2.45) is 5.92 Å². The average molecular weight is 298 g/mol. The van der Waals surface area contributed by atoms with Crippen molar-refractivity contribution in [3.63, 3.8) is 0 Å². The largest absolute Gasteiger partial charge is 0.481 e. The number of carboxylic acid groups (broad SMARTS) is 1. The second-order valence-corrected chi connectivity index (χ2v) is 5.71. The molecule has 1 unspecified atom stereocenters. The number of carbonyl (C=O) groups excluding carboxylic acids is 1. The third kappa shape index (κ3) is 5.61. The molecule has 20 heavy (non-hydrogen) atoms. The van der Waals surface area contributed by atoms with Crippen LogP contribution in [-0.4, -0.2) is 23.7 Å². The van der Waals surface area contributed by atoms with Gasteiger partial charge in [-0.05, 0) is 36.3 Å². The topological polar surface area (TPSA) is 78.4 Å². The molecule has 1 rings (SSSR count). The van der Waals surface area contributed by atoms with Gasteiger partial charge in [0.15, 0.2) is 0 Å². The fourth-order valence-electron chi connectivity index (χ4n) is 1.79. The predicted octanol–water partition coefficient (Wildman–Crippen LogP) is 2.61. The minimum absolute atomic E-state index is 0.205. The molecule has 1 aromatic heterocycles. The van der Waals surface area contributed by atoms with Crippen LogP contribution in [0.5, 0.6) is 0 Å². The number of urea groups is 1. The van der Waals surface area contributed by atoms with E-state index in [4.69, 9.17) is 5.11 Å². The van der Waals surface area contributed by atoms with Crippen LogP contribution in [0.1, 0.15) is 37.1 Å². The number of carbonyl (C=O) groups is 2. The van der Waals surface area contributed by atoms with Crippen molar-refractivity contribution in [2.45, 2.75) is 39.7 Å². The maximum absolute atomic E-state index is 11.6. The molecule has 0 saturated carbocycles. The molecule has 0 fully saturated rings. The van der Waals surface area contributed by atoms with Gasteiger partial charge in [0, 0.05) is 11.4 Å². The molecule has 6 heteroatoms. The summed E-state index contributed by atoms with van der Waals surface area (Å²) in [5.74, 6) is -1.16. The van der Waals surface area contributed by atoms with Gasteiger partial charge in [0.2, 0.25) is 0 Å². The molecule has 112 valence electrons. The summed E-state index contributed by atoms with van der Waals surface area (Å²) in [6.07, 6.45) is 2.20. The first-order chi connectivity index (χ1) is 9.54. The molecule has 0 aliphatic heterocycles. The van der Waals surface area contributed by atoms with E-state index < -0.39 is 5.97 Å². The Labute approximate surface area is 123 Å². The lowest BCUT2D eigenvalue weighted by atomic mass is 10.1. The first kappa shape index (κ1) is 16.5. The van der Waals surface area contributed by atoms with Crippen LogP contribution in [0.4, 0.5) is 4.79 Å². The highest BCUT2D eigenvalue weighted by atomic mass is 32.1. The molecule has 0 radical (unpaired) electrons. The zero-order chi connectivity index (χ0) is 15.0. The Balaban J connectivity index is 2.16. The average Bonchev–Trinajstić information content (AvgIpc) is 2.88. The van der Waals surface area contributed by atoms with E-state index in [0.717, 1.165) is 6.42 Å². The summed E-state index contributed by atoms with van der Waals surface area (Å²) < 4.78 is 0. The normalized spacial score (nSPS) is 11.9. The van der Waals surface area contributed by atoms with Crippen LogP contribution in [0, 0.1) is 5.92 Å². The number of nitrogens with one attached hydrogen (secondary N) is 2. The van der Waals surface area contributed by atoms with Gasteiger partial charge >= 0.3 is 12.0 Å². The molecular weight excluding hydrogens is 276 g/mol. The summed E-state index contributed by atoms with van der Waals surface area (Å²) in [5.41, 5.74) is 1.27. The smallest absolute Gasteiger partial charge is 0.315 e. The molecule has 0 aliphatic rings. The monoisotopic (exact) mass is 298 g/mol. The minimum Gasteiger partial charge on any atom is -0.481 e. The zero-order valence-electron chi connectivity index (χ0n) is 11.9. The Morgan fingerprint density at radius 3 is 2.80 bits per heavy atom. The lowest BCUT2D eigenvalue weighted by molar-refractivity contribution is -0.141. The number of aryl methyl sites for hydroxylation is 1. The van der Waals surface area contributed by atoms with Crippen molar-refractivity contribution in [1.29, 1.82) is 0 Å². The van der Waals surface area contributed by atoms with Crippen molar-refractivity contribution in [3.8, 4) is 0 Å². The summed E-state index contributed by atoms with van der Waals surface area (Å²) in [7, 11) is 0. The van der Waals surface area contributed by atoms with E-state index in [2.05, 4.69) is 23.6 Å². The standard InChI is InChI=1S/C14H22N2O3S/c1-3-11-6-8-20-12(11)9-16-14(19)15-7-4-5-10(2)13(17)18/h6,8,10H,3-5,7,9H2,1-2H3,(H,17,18)(H2,15,16,19). The van der Waals surface area contributed by atoms with Crippen LogP contribution >= 0.6 is 11.3 Å². The van der Waals surface area contributed by atoms with E-state index in [0.29, 0.717) is 25.9 Å². The number of rotatable bonds is 8. The first-order valence-electron chi connectivity index (χ1n) is 6.84. The number of aliphatic carboxylic acids is 1. The summed E-state index contributed by atoms with van der Waals surface area (Å²) in [6, 6.07) is 1.87. The Bertz CT molecular complexity index is 445. The Kier molecular flexibility index (Phi) is 7.08. The van der Waals surface area contributed by atoms with Crippen LogP contribution < -0.4 is 10.6 Å². The summed E-state index contributed by atoms with van der Waals surface area (Å²) in [5, 5.41) is 16.3. The van der Waals surface area contributed by atoms with Gasteiger partial charge in [-0.1, -0.05) is 13.8 Å². The van der Waals surface area contributed by atoms with E-state index in [-0.39, 0.29) is 11.9 Å². The fraction of sp³-hybridized carbons (Fsp3) is 0.571. The van der Waals surface area contributed by atoms with Gasteiger partial charge in [-0.3, -0.25) is 4.79 Å². The summed E-state index contributed by atoms with van der Waals surface area (Å²) in [6.45, 7) is 4.80. The lowest BCUT2D eigenvalue weighted by Gasteiger charge is -2.09. The Hall–Kier alpha value is -1.56. The fourth-order valence-corrected chi connectivity index (χ4v) is 2.71. The number of hydrogen-bond acceptors (Lipinski definition) is 3. The van der Waals surface area contributed by atoms with Crippen molar-refractivity contribution in [2.75, 3.05) is 6.54 Å². The number of amides is 2. The second-order valence-electron chi connectivity index (χ2n) is 4.71. The van der Waals surface area contributed by atoms with Crippen molar-refractivity contribution >= 4 is 23.3 Å². The molecule has 1 aromatic rings. The Morgan fingerprint density at radius 2 is 2.15 bits per heavy atom. The van der Waals surface area contributed by atoms with E-state index >= 15 is 0 Å². The van der Waals surface area contributed by atoms with Crippen LogP contribution in [-0.2, 0) is 17.8 Å². The van der Waals surface area contributed by atoms with Crippen molar-refractivity contribution in [1.82, 2.24) is 10.6 Å². The molecule has 0 bridgehead atoms. The van der Waals surface area contributed by atoms with Gasteiger partial charge in [-0.15, -0.1) is 11.3 Å². The number of hydrogen-bond donors (Lipinski definition) is 3. The van der Waals surface area contributed by atoms with Gasteiger partial charge in [0.05, 0.1) is 12.5 Å². The van der Waals surface area contributed by atoms with E-state index in [1.54, 1.807) is 18.3 Å². The predicted molar refractivity (Wildman–Crippen MR) is 80.0 cm³/mol. The van der Waals surface area contributed by atoms with Crippen LogP contribution in [0.3, 0.4) is 0 Å². The summed E-state index contributed by atoms with van der Waals surface area (Å²) >= 11 is 1.64. The first-order valence-corrected chi connectivity index (χ1v) is 7.72. The third-order valence-corrected chi connectivity index (χ3v) is 4.11. The highest BCUT2D eigenvalue weighted by molar-refractivity contribution is 7.10. The third-order valence-electron chi connectivity index (χ3n) is 3.15. The van der Waals surface area contributed by atoms with Crippen molar-refractivity contribution < 1.29 is 14.7 Å². The number of thiophene rings is 1. The van der Waals surface area contributed by atoms with E-state index in [9.17, 15) is 9.59 Å². The lowest BCUT2D eigenvalue weighted by Crippen LogP contribution is -2.35. The van der Waals surface area contributed by atoms with Gasteiger partial charge in [-0.2, -0.15) is 0 Å². The minimum atomic E-state index is -0.792. The van der Waals surface area contributed by atoms with Crippen molar-refractivity contribution in [3.05, 3.63) is 21.9 Å². The van der Waals surface area contributed by atoms with Gasteiger partial charge < -0.3 is 15.7 Å². The van der Waals surface area contributed by atoms with Gasteiger partial charge in [-0.25, -0.2) is 4.79 Å². The molecule has 1 heterocycles. The SMILES string of the molecule is CCc1ccsc1CNC(=O)NCCCC(C)C(=O)O. The quantitative estimate of drug-likeness (QED) is 0.646. The van der Waals surface area contributed by atoms with E-state index in [1.807, 2.05) is 5.38 Å². The molecule has 0 spiro atoms. The molecule has 5 nitrogen and oxygen atoms in total. The highest BCUT2D eigenvalue weighted by Crippen LogP contribution is 2.16. The van der Waals surface area contributed by atoms with E-state index in [1.165, 1.54) is 10.4 Å². The summed E-state index contributed by atoms with van der Waals surface area (Å²) in [4.78, 5) is 23.4. The van der Waals surface area contributed by atoms with Gasteiger partial charge in [0.25, 0.3) is 0 Å². The maximum Gasteiger partial charge on any atom is 0.315 e. The number of carboxylic acids is 1.